The van der Waals surface area contributed by atoms with Gasteiger partial charge in [-0.2, -0.15) is 0 Å². The van der Waals surface area contributed by atoms with E-state index in [-0.39, 0.29) is 11.9 Å². The molecule has 5 nitrogen and oxygen atoms in total. The van der Waals surface area contributed by atoms with Crippen molar-refractivity contribution in [3.63, 3.8) is 0 Å². The Hall–Kier alpha value is -2.44. The van der Waals surface area contributed by atoms with Crippen molar-refractivity contribution in [3.8, 4) is 10.6 Å². The number of hydrogen-bond acceptors (Lipinski definition) is 5. The van der Waals surface area contributed by atoms with Crippen molar-refractivity contribution < 1.29 is 9.32 Å². The van der Waals surface area contributed by atoms with Crippen LogP contribution in [0.4, 0.5) is 0 Å². The molecule has 4 rings (SSSR count). The number of hydrogen-bond donors (Lipinski definition) is 1. The average Bonchev–Trinajstić information content (AvgIpc) is 3.37. The van der Waals surface area contributed by atoms with Crippen LogP contribution in [0.25, 0.3) is 10.6 Å². The van der Waals surface area contributed by atoms with E-state index in [0.717, 1.165) is 18.0 Å². The highest BCUT2D eigenvalue weighted by Crippen LogP contribution is 2.26. The summed E-state index contributed by atoms with van der Waals surface area (Å²) in [5.74, 6) is 0.441. The second-order valence-corrected chi connectivity index (χ2v) is 8.59. The molecule has 29 heavy (non-hydrogen) atoms. The van der Waals surface area contributed by atoms with E-state index in [1.807, 2.05) is 17.5 Å². The molecule has 1 aliphatic heterocycles. The third-order valence-electron chi connectivity index (χ3n) is 5.51. The first kappa shape index (κ1) is 19.9. The van der Waals surface area contributed by atoms with Gasteiger partial charge in [0.15, 0.2) is 11.5 Å². The molecule has 0 bridgehead atoms. The van der Waals surface area contributed by atoms with E-state index in [1.54, 1.807) is 17.4 Å². The Kier molecular flexibility index (Phi) is 6.42. The largest absolute Gasteiger partial charge is 0.355 e. The number of likely N-dealkylation sites (tertiary alicyclic amines) is 1. The first-order chi connectivity index (χ1) is 14.2. The highest BCUT2D eigenvalue weighted by molar-refractivity contribution is 7.13. The summed E-state index contributed by atoms with van der Waals surface area (Å²) in [4.78, 5) is 16.2. The summed E-state index contributed by atoms with van der Waals surface area (Å²) in [6.45, 7) is 4.80. The molecular formula is C23H27N3O2S. The Bertz CT molecular complexity index is 910. The molecule has 152 valence electrons. The van der Waals surface area contributed by atoms with Crippen molar-refractivity contribution in [1.29, 1.82) is 0 Å². The predicted octanol–water partition coefficient (Wildman–Crippen LogP) is 5.06. The minimum atomic E-state index is -0.191. The van der Waals surface area contributed by atoms with Crippen molar-refractivity contribution in [2.75, 3.05) is 19.6 Å². The van der Waals surface area contributed by atoms with Crippen molar-refractivity contribution in [1.82, 2.24) is 15.4 Å². The van der Waals surface area contributed by atoms with Gasteiger partial charge in [0.25, 0.3) is 5.91 Å². The minimum Gasteiger partial charge on any atom is -0.355 e. The normalized spacial score (nSPS) is 16.3. The van der Waals surface area contributed by atoms with Crippen LogP contribution in [0.1, 0.15) is 53.3 Å². The number of rotatable bonds is 6. The molecule has 3 aromatic rings. The molecule has 0 saturated carbocycles. The lowest BCUT2D eigenvalue weighted by Crippen LogP contribution is -2.38. The quantitative estimate of drug-likeness (QED) is 0.618. The summed E-state index contributed by atoms with van der Waals surface area (Å²) in [6.07, 6.45) is 5.00. The Balaban J connectivity index is 1.47. The monoisotopic (exact) mass is 409 g/mol. The smallest absolute Gasteiger partial charge is 0.273 e. The fourth-order valence-corrected chi connectivity index (χ4v) is 4.52. The first-order valence-electron chi connectivity index (χ1n) is 10.3. The third kappa shape index (κ3) is 4.95. The molecule has 0 aliphatic carbocycles. The van der Waals surface area contributed by atoms with Gasteiger partial charge in [-0.15, -0.1) is 11.3 Å². The molecule has 1 atom stereocenters. The lowest BCUT2D eigenvalue weighted by Gasteiger charge is -2.31. The number of carbonyl (C=O) groups excluding carboxylic acids is 1. The number of benzene rings is 1. The molecule has 1 aliphatic rings. The fraction of sp³-hybridized carbons (Fsp3) is 0.391. The Morgan fingerprint density at radius 3 is 2.62 bits per heavy atom. The van der Waals surface area contributed by atoms with Crippen molar-refractivity contribution in [2.24, 2.45) is 0 Å². The summed E-state index contributed by atoms with van der Waals surface area (Å²) in [5.41, 5.74) is 2.82. The molecule has 6 heteroatoms. The van der Waals surface area contributed by atoms with E-state index in [9.17, 15) is 4.79 Å². The summed E-state index contributed by atoms with van der Waals surface area (Å²) in [5, 5.41) is 9.03. The van der Waals surface area contributed by atoms with E-state index in [0.29, 0.717) is 18.0 Å². The van der Waals surface area contributed by atoms with E-state index in [1.165, 1.54) is 36.8 Å². The lowest BCUT2D eigenvalue weighted by molar-refractivity contribution is 0.0924. The molecule has 0 spiro atoms. The number of carbonyl (C=O) groups is 1. The highest BCUT2D eigenvalue weighted by Gasteiger charge is 2.23. The van der Waals surface area contributed by atoms with Crippen LogP contribution in [-0.2, 0) is 0 Å². The van der Waals surface area contributed by atoms with Gasteiger partial charge in [-0.1, -0.05) is 53.9 Å². The highest BCUT2D eigenvalue weighted by atomic mass is 32.1. The Morgan fingerprint density at radius 2 is 1.93 bits per heavy atom. The molecule has 1 N–H and O–H groups in total. The Labute approximate surface area is 175 Å². The van der Waals surface area contributed by atoms with Crippen molar-refractivity contribution >= 4 is 17.2 Å². The van der Waals surface area contributed by atoms with Gasteiger partial charge in [-0.3, -0.25) is 9.69 Å². The average molecular weight is 410 g/mol. The second-order valence-electron chi connectivity index (χ2n) is 7.64. The van der Waals surface area contributed by atoms with Crippen molar-refractivity contribution in [2.45, 2.75) is 38.6 Å². The maximum absolute atomic E-state index is 12.7. The zero-order valence-corrected chi connectivity index (χ0v) is 17.6. The number of nitrogens with one attached hydrogen (secondary N) is 1. The summed E-state index contributed by atoms with van der Waals surface area (Å²) in [6, 6.07) is 14.5. The lowest BCUT2D eigenvalue weighted by atomic mass is 10.0. The second kappa shape index (κ2) is 9.37. The van der Waals surface area contributed by atoms with Gasteiger partial charge in [0.2, 0.25) is 0 Å². The van der Waals surface area contributed by atoms with E-state index in [2.05, 4.69) is 46.6 Å². The molecule has 1 fully saturated rings. The van der Waals surface area contributed by atoms with Crippen LogP contribution >= 0.6 is 11.3 Å². The van der Waals surface area contributed by atoms with E-state index < -0.39 is 0 Å². The summed E-state index contributed by atoms with van der Waals surface area (Å²) >= 11 is 1.57. The zero-order valence-electron chi connectivity index (χ0n) is 16.8. The summed E-state index contributed by atoms with van der Waals surface area (Å²) in [7, 11) is 0. The van der Waals surface area contributed by atoms with Gasteiger partial charge in [-0.25, -0.2) is 0 Å². The molecule has 1 saturated heterocycles. The third-order valence-corrected chi connectivity index (χ3v) is 6.39. The molecule has 0 unspecified atom stereocenters. The van der Waals surface area contributed by atoms with Crippen LogP contribution in [0, 0.1) is 6.92 Å². The molecule has 0 radical (unpaired) electrons. The predicted molar refractivity (Wildman–Crippen MR) is 116 cm³/mol. The number of nitrogens with zero attached hydrogens (tertiary/aromatic N) is 2. The van der Waals surface area contributed by atoms with Gasteiger partial charge in [-0.05, 0) is 49.9 Å². The van der Waals surface area contributed by atoms with Crippen LogP contribution in [0.5, 0.6) is 0 Å². The van der Waals surface area contributed by atoms with E-state index in [4.69, 9.17) is 4.52 Å². The van der Waals surface area contributed by atoms with Crippen LogP contribution in [-0.4, -0.2) is 35.6 Å². The van der Waals surface area contributed by atoms with Gasteiger partial charge in [0.05, 0.1) is 10.9 Å². The van der Waals surface area contributed by atoms with Crippen LogP contribution in [0.2, 0.25) is 0 Å². The molecule has 3 heterocycles. The number of aromatic nitrogens is 1. The van der Waals surface area contributed by atoms with Gasteiger partial charge < -0.3 is 9.84 Å². The van der Waals surface area contributed by atoms with E-state index >= 15 is 0 Å². The molecule has 1 amide bonds. The molecule has 2 aromatic heterocycles. The number of aryl methyl sites for hydroxylation is 1. The topological polar surface area (TPSA) is 58.4 Å². The summed E-state index contributed by atoms with van der Waals surface area (Å²) < 4.78 is 5.36. The Morgan fingerprint density at radius 1 is 1.17 bits per heavy atom. The maximum Gasteiger partial charge on any atom is 0.273 e. The number of thiophene rings is 1. The molecular weight excluding hydrogens is 382 g/mol. The van der Waals surface area contributed by atoms with Gasteiger partial charge >= 0.3 is 0 Å². The molecule has 1 aromatic carbocycles. The maximum atomic E-state index is 12.7. The van der Waals surface area contributed by atoms with Crippen LogP contribution in [0.15, 0.2) is 52.4 Å². The van der Waals surface area contributed by atoms with Crippen LogP contribution < -0.4 is 5.32 Å². The van der Waals surface area contributed by atoms with Gasteiger partial charge in [0, 0.05) is 12.6 Å². The SMILES string of the molecule is Cc1ccc([C@H](CNC(=O)c2cc(-c3cccs3)on2)N2CCCCCC2)cc1. The van der Waals surface area contributed by atoms with Crippen molar-refractivity contribution in [3.05, 3.63) is 64.7 Å². The van der Waals surface area contributed by atoms with Crippen LogP contribution in [0.3, 0.4) is 0 Å². The number of amides is 1. The fourth-order valence-electron chi connectivity index (χ4n) is 3.85. The standard InChI is InChI=1S/C23H27N3O2S/c1-17-8-10-18(11-9-17)20(26-12-4-2-3-5-13-26)16-24-23(27)19-15-21(28-25-19)22-7-6-14-29-22/h6-11,14-15,20H,2-5,12-13,16H2,1H3,(H,24,27)/t20-/m0/s1. The van der Waals surface area contributed by atoms with Gasteiger partial charge in [0.1, 0.15) is 0 Å². The minimum absolute atomic E-state index is 0.168. The first-order valence-corrected chi connectivity index (χ1v) is 11.2. The zero-order chi connectivity index (χ0) is 20.1.